The van der Waals surface area contributed by atoms with E-state index in [0.717, 1.165) is 27.0 Å². The smallest absolute Gasteiger partial charge is 0.240 e. The maximum absolute atomic E-state index is 11.9. The van der Waals surface area contributed by atoms with E-state index in [4.69, 9.17) is 4.74 Å². The fourth-order valence-electron chi connectivity index (χ4n) is 2.79. The average Bonchev–Trinajstić information content (AvgIpc) is 2.81. The molecular weight excluding hydrogens is 470 g/mol. The van der Waals surface area contributed by atoms with Crippen molar-refractivity contribution in [2.45, 2.75) is 25.9 Å². The van der Waals surface area contributed by atoms with Gasteiger partial charge in [0.1, 0.15) is 12.4 Å². The molecule has 7 heteroatoms. The van der Waals surface area contributed by atoms with Crippen molar-refractivity contribution in [3.63, 3.8) is 0 Å². The predicted molar refractivity (Wildman–Crippen MR) is 130 cm³/mol. The van der Waals surface area contributed by atoms with E-state index < -0.39 is 0 Å². The molecule has 0 aliphatic heterocycles. The summed E-state index contributed by atoms with van der Waals surface area (Å²) in [5.74, 6) is 0.398. The van der Waals surface area contributed by atoms with Crippen LogP contribution in [0.15, 0.2) is 88.4 Å². The van der Waals surface area contributed by atoms with Gasteiger partial charge in [0.2, 0.25) is 11.8 Å². The number of carbonyl (C=O) groups is 2. The molecule has 3 aromatic rings. The van der Waals surface area contributed by atoms with Gasteiger partial charge in [-0.3, -0.25) is 9.59 Å². The van der Waals surface area contributed by atoms with Crippen molar-refractivity contribution in [2.75, 3.05) is 5.32 Å². The van der Waals surface area contributed by atoms with Gasteiger partial charge in [-0.25, -0.2) is 5.43 Å². The Labute approximate surface area is 195 Å². The number of hydrogen-bond donors (Lipinski definition) is 2. The fraction of sp³-hybridized carbons (Fsp3) is 0.160. The van der Waals surface area contributed by atoms with E-state index in [1.54, 1.807) is 6.21 Å². The predicted octanol–water partition coefficient (Wildman–Crippen LogP) is 5.29. The molecule has 0 aliphatic rings. The van der Waals surface area contributed by atoms with Crippen LogP contribution in [0, 0.1) is 0 Å². The Balaban J connectivity index is 1.33. The van der Waals surface area contributed by atoms with Crippen LogP contribution in [0.2, 0.25) is 0 Å². The van der Waals surface area contributed by atoms with Gasteiger partial charge in [0.05, 0.1) is 6.21 Å². The summed E-state index contributed by atoms with van der Waals surface area (Å²) in [4.78, 5) is 23.8. The summed E-state index contributed by atoms with van der Waals surface area (Å²) in [5.41, 5.74) is 5.15. The molecule has 2 amide bonds. The van der Waals surface area contributed by atoms with Gasteiger partial charge in [-0.2, -0.15) is 5.10 Å². The number of hydrazone groups is 1. The van der Waals surface area contributed by atoms with Crippen LogP contribution in [0.4, 0.5) is 5.69 Å². The minimum Gasteiger partial charge on any atom is -0.489 e. The lowest BCUT2D eigenvalue weighted by Gasteiger charge is -2.06. The zero-order chi connectivity index (χ0) is 22.6. The number of amides is 2. The summed E-state index contributed by atoms with van der Waals surface area (Å²) in [6.07, 6.45) is 2.49. The Morgan fingerprint density at radius 3 is 2.28 bits per heavy atom. The monoisotopic (exact) mass is 493 g/mol. The first-order valence-electron chi connectivity index (χ1n) is 10.2. The number of benzene rings is 3. The third-order valence-corrected chi connectivity index (χ3v) is 5.00. The van der Waals surface area contributed by atoms with E-state index in [1.165, 1.54) is 0 Å². The first-order chi connectivity index (χ1) is 15.6. The van der Waals surface area contributed by atoms with Gasteiger partial charge in [0.25, 0.3) is 0 Å². The molecule has 0 heterocycles. The van der Waals surface area contributed by atoms with Gasteiger partial charge >= 0.3 is 0 Å². The van der Waals surface area contributed by atoms with E-state index in [9.17, 15) is 9.59 Å². The van der Waals surface area contributed by atoms with E-state index in [1.807, 2.05) is 78.9 Å². The van der Waals surface area contributed by atoms with Gasteiger partial charge in [-0.05, 0) is 66.1 Å². The van der Waals surface area contributed by atoms with Crippen molar-refractivity contribution in [3.05, 3.63) is 94.5 Å². The zero-order valence-corrected chi connectivity index (χ0v) is 19.0. The highest BCUT2D eigenvalue weighted by Crippen LogP contribution is 2.15. The Hall–Kier alpha value is -3.45. The molecular formula is C25H24BrN3O3. The van der Waals surface area contributed by atoms with E-state index in [2.05, 4.69) is 31.8 Å². The lowest BCUT2D eigenvalue weighted by atomic mass is 10.2. The van der Waals surface area contributed by atoms with Crippen LogP contribution in [0.5, 0.6) is 5.75 Å². The highest BCUT2D eigenvalue weighted by atomic mass is 79.9. The molecule has 0 fully saturated rings. The molecule has 3 rings (SSSR count). The molecule has 0 saturated heterocycles. The van der Waals surface area contributed by atoms with Crippen LogP contribution in [0.25, 0.3) is 0 Å². The molecule has 0 aliphatic carbocycles. The molecule has 0 unspecified atom stereocenters. The minimum absolute atomic E-state index is 0.127. The van der Waals surface area contributed by atoms with E-state index in [0.29, 0.717) is 13.0 Å². The summed E-state index contributed by atoms with van der Waals surface area (Å²) in [6.45, 7) is 0.505. The van der Waals surface area contributed by atoms with Crippen LogP contribution in [0.3, 0.4) is 0 Å². The Bertz CT molecular complexity index is 1040. The quantitative estimate of drug-likeness (QED) is 0.297. The second kappa shape index (κ2) is 12.4. The maximum atomic E-state index is 11.9. The molecule has 0 atom stereocenters. The molecule has 3 aromatic carbocycles. The normalized spacial score (nSPS) is 10.7. The van der Waals surface area contributed by atoms with E-state index in [-0.39, 0.29) is 24.7 Å². The second-order valence-corrected chi connectivity index (χ2v) is 7.96. The molecule has 32 heavy (non-hydrogen) atoms. The molecule has 0 radical (unpaired) electrons. The van der Waals surface area contributed by atoms with Gasteiger partial charge in [0, 0.05) is 23.0 Å². The molecule has 0 saturated carbocycles. The summed E-state index contributed by atoms with van der Waals surface area (Å²) in [6, 6.07) is 24.7. The summed E-state index contributed by atoms with van der Waals surface area (Å²) < 4.78 is 6.69. The van der Waals surface area contributed by atoms with Gasteiger partial charge in [-0.1, -0.05) is 46.3 Å². The van der Waals surface area contributed by atoms with Crippen molar-refractivity contribution in [3.8, 4) is 5.75 Å². The standard InChI is InChI=1S/C25H24BrN3O3/c26-21-11-13-22(14-12-21)28-24(30)7-4-8-25(31)29-27-17-19-9-15-23(16-10-19)32-18-20-5-2-1-3-6-20/h1-3,5-6,9-17H,4,7-8,18H2,(H,28,30)(H,29,31). The van der Waals surface area contributed by atoms with Crippen LogP contribution in [0.1, 0.15) is 30.4 Å². The Kier molecular flexibility index (Phi) is 9.01. The number of carbonyl (C=O) groups excluding carboxylic acids is 2. The average molecular weight is 494 g/mol. The molecule has 164 valence electrons. The number of halogens is 1. The molecule has 2 N–H and O–H groups in total. The largest absolute Gasteiger partial charge is 0.489 e. The van der Waals surface area contributed by atoms with Crippen molar-refractivity contribution in [1.82, 2.24) is 5.43 Å². The Morgan fingerprint density at radius 2 is 1.56 bits per heavy atom. The van der Waals surface area contributed by atoms with Crippen molar-refractivity contribution in [2.24, 2.45) is 5.10 Å². The van der Waals surface area contributed by atoms with E-state index >= 15 is 0 Å². The Morgan fingerprint density at radius 1 is 0.875 bits per heavy atom. The number of anilines is 1. The summed E-state index contributed by atoms with van der Waals surface area (Å²) in [5, 5.41) is 6.77. The maximum Gasteiger partial charge on any atom is 0.240 e. The number of rotatable bonds is 10. The van der Waals surface area contributed by atoms with Crippen LogP contribution >= 0.6 is 15.9 Å². The molecule has 0 spiro atoms. The van der Waals surface area contributed by atoms with Crippen molar-refractivity contribution >= 4 is 39.6 Å². The first kappa shape index (κ1) is 23.2. The number of ether oxygens (including phenoxy) is 1. The third-order valence-electron chi connectivity index (χ3n) is 4.47. The van der Waals surface area contributed by atoms with Gasteiger partial charge in [-0.15, -0.1) is 0 Å². The molecule has 0 aromatic heterocycles. The zero-order valence-electron chi connectivity index (χ0n) is 17.5. The number of nitrogens with zero attached hydrogens (tertiary/aromatic N) is 1. The lowest BCUT2D eigenvalue weighted by Crippen LogP contribution is -2.18. The molecule has 6 nitrogen and oxygen atoms in total. The molecule has 0 bridgehead atoms. The highest BCUT2D eigenvalue weighted by Gasteiger charge is 2.05. The fourth-order valence-corrected chi connectivity index (χ4v) is 3.06. The van der Waals surface area contributed by atoms with Crippen molar-refractivity contribution in [1.29, 1.82) is 0 Å². The minimum atomic E-state index is -0.236. The topological polar surface area (TPSA) is 79.8 Å². The summed E-state index contributed by atoms with van der Waals surface area (Å²) in [7, 11) is 0. The first-order valence-corrected chi connectivity index (χ1v) is 11.0. The van der Waals surface area contributed by atoms with Crippen molar-refractivity contribution < 1.29 is 14.3 Å². The van der Waals surface area contributed by atoms with Gasteiger partial charge < -0.3 is 10.1 Å². The number of nitrogens with one attached hydrogen (secondary N) is 2. The highest BCUT2D eigenvalue weighted by molar-refractivity contribution is 9.10. The second-order valence-electron chi connectivity index (χ2n) is 7.05. The third kappa shape index (κ3) is 8.35. The lowest BCUT2D eigenvalue weighted by molar-refractivity contribution is -0.121. The SMILES string of the molecule is O=C(CCCC(=O)Nc1ccc(Br)cc1)NN=Cc1ccc(OCc2ccccc2)cc1. The van der Waals surface area contributed by atoms with Crippen LogP contribution in [-0.2, 0) is 16.2 Å². The number of hydrogen-bond acceptors (Lipinski definition) is 4. The van der Waals surface area contributed by atoms with Crippen LogP contribution in [-0.4, -0.2) is 18.0 Å². The summed E-state index contributed by atoms with van der Waals surface area (Å²) >= 11 is 3.35. The van der Waals surface area contributed by atoms with Crippen LogP contribution < -0.4 is 15.5 Å². The van der Waals surface area contributed by atoms with Gasteiger partial charge in [0.15, 0.2) is 0 Å².